The maximum Gasteiger partial charge on any atom is 0.168 e. The highest BCUT2D eigenvalue weighted by Crippen LogP contribution is 2.24. The molecule has 0 aromatic heterocycles. The van der Waals surface area contributed by atoms with Crippen LogP contribution in [0.25, 0.3) is 10.8 Å². The molecule has 0 unspecified atom stereocenters. The van der Waals surface area contributed by atoms with Gasteiger partial charge < -0.3 is 0 Å². The van der Waals surface area contributed by atoms with Gasteiger partial charge in [0.25, 0.3) is 0 Å². The van der Waals surface area contributed by atoms with Crippen molar-refractivity contribution in [2.75, 3.05) is 0 Å². The summed E-state index contributed by atoms with van der Waals surface area (Å²) in [4.78, 5) is 12.5. The number of halogens is 2. The Morgan fingerprint density at radius 2 is 1.67 bits per heavy atom. The van der Waals surface area contributed by atoms with E-state index < -0.39 is 0 Å². The lowest BCUT2D eigenvalue weighted by Crippen LogP contribution is -2.05. The second-order valence-corrected chi connectivity index (χ2v) is 5.71. The molecular weight excluding hydrogens is 303 g/mol. The Labute approximate surface area is 133 Å². The zero-order chi connectivity index (χ0) is 14.8. The fraction of sp³-hybridized carbons (Fsp3) is 0.0556. The molecule has 0 radical (unpaired) electrons. The average Bonchev–Trinajstić information content (AvgIpc) is 2.50. The first-order valence-corrected chi connectivity index (χ1v) is 7.35. The van der Waals surface area contributed by atoms with E-state index in [0.717, 1.165) is 16.3 Å². The van der Waals surface area contributed by atoms with E-state index in [9.17, 15) is 4.79 Å². The van der Waals surface area contributed by atoms with Crippen LogP contribution in [0, 0.1) is 0 Å². The van der Waals surface area contributed by atoms with Gasteiger partial charge >= 0.3 is 0 Å². The fourth-order valence-corrected chi connectivity index (χ4v) is 2.82. The first-order chi connectivity index (χ1) is 10.1. The molecule has 0 bridgehead atoms. The van der Waals surface area contributed by atoms with Gasteiger partial charge in [-0.1, -0.05) is 65.7 Å². The second-order valence-electron chi connectivity index (χ2n) is 4.86. The Balaban J connectivity index is 1.99. The van der Waals surface area contributed by atoms with Gasteiger partial charge in [-0.05, 0) is 34.5 Å². The Bertz CT molecular complexity index is 819. The first kappa shape index (κ1) is 14.1. The van der Waals surface area contributed by atoms with Gasteiger partial charge in [0, 0.05) is 17.0 Å². The summed E-state index contributed by atoms with van der Waals surface area (Å²) in [5.41, 5.74) is 1.46. The maximum atomic E-state index is 12.5. The molecule has 0 N–H and O–H groups in total. The van der Waals surface area contributed by atoms with Crippen molar-refractivity contribution in [2.24, 2.45) is 0 Å². The SMILES string of the molecule is O=C(Cc1cccc2ccccc12)c1cc(Cl)ccc1Cl. The highest BCUT2D eigenvalue weighted by molar-refractivity contribution is 6.36. The molecule has 3 heteroatoms. The lowest BCUT2D eigenvalue weighted by atomic mass is 9.98. The first-order valence-electron chi connectivity index (χ1n) is 6.60. The van der Waals surface area contributed by atoms with Crippen LogP contribution in [-0.2, 0) is 6.42 Å². The largest absolute Gasteiger partial charge is 0.294 e. The van der Waals surface area contributed by atoms with Crippen LogP contribution in [0.5, 0.6) is 0 Å². The zero-order valence-corrected chi connectivity index (χ0v) is 12.7. The van der Waals surface area contributed by atoms with Crippen molar-refractivity contribution in [1.82, 2.24) is 0 Å². The molecule has 0 fully saturated rings. The van der Waals surface area contributed by atoms with Crippen LogP contribution in [0.4, 0.5) is 0 Å². The summed E-state index contributed by atoms with van der Waals surface area (Å²) < 4.78 is 0. The molecule has 3 aromatic carbocycles. The Morgan fingerprint density at radius 3 is 2.52 bits per heavy atom. The van der Waals surface area contributed by atoms with Crippen molar-refractivity contribution in [1.29, 1.82) is 0 Å². The Kier molecular flexibility index (Phi) is 3.96. The third-order valence-electron chi connectivity index (χ3n) is 3.46. The molecular formula is C18H12Cl2O. The lowest BCUT2D eigenvalue weighted by Gasteiger charge is -2.07. The molecule has 0 aliphatic carbocycles. The topological polar surface area (TPSA) is 17.1 Å². The van der Waals surface area contributed by atoms with Crippen molar-refractivity contribution in [2.45, 2.75) is 6.42 Å². The number of hydrogen-bond acceptors (Lipinski definition) is 1. The fourth-order valence-electron chi connectivity index (χ4n) is 2.43. The Hall–Kier alpha value is -1.83. The molecule has 0 heterocycles. The van der Waals surface area contributed by atoms with Crippen molar-refractivity contribution >= 4 is 39.8 Å². The number of ketones is 1. The molecule has 21 heavy (non-hydrogen) atoms. The number of carbonyl (C=O) groups excluding carboxylic acids is 1. The predicted molar refractivity (Wildman–Crippen MR) is 88.4 cm³/mol. The van der Waals surface area contributed by atoms with Gasteiger partial charge in [-0.25, -0.2) is 0 Å². The molecule has 0 saturated heterocycles. The minimum Gasteiger partial charge on any atom is -0.294 e. The van der Waals surface area contributed by atoms with Crippen molar-refractivity contribution in [3.8, 4) is 0 Å². The van der Waals surface area contributed by atoms with Gasteiger partial charge in [0.05, 0.1) is 5.02 Å². The van der Waals surface area contributed by atoms with E-state index in [0.29, 0.717) is 22.0 Å². The minimum atomic E-state index is -0.0288. The van der Waals surface area contributed by atoms with Crippen LogP contribution in [0.3, 0.4) is 0 Å². The number of benzene rings is 3. The monoisotopic (exact) mass is 314 g/mol. The minimum absolute atomic E-state index is 0.0288. The lowest BCUT2D eigenvalue weighted by molar-refractivity contribution is 0.0993. The van der Waals surface area contributed by atoms with E-state index >= 15 is 0 Å². The summed E-state index contributed by atoms with van der Waals surface area (Å²) in [7, 11) is 0. The highest BCUT2D eigenvalue weighted by Gasteiger charge is 2.13. The van der Waals surface area contributed by atoms with Gasteiger partial charge in [-0.2, -0.15) is 0 Å². The molecule has 0 atom stereocenters. The standard InChI is InChI=1S/C18H12Cl2O/c19-14-8-9-17(20)16(11-14)18(21)10-13-6-3-5-12-4-1-2-7-15(12)13/h1-9,11H,10H2. The smallest absolute Gasteiger partial charge is 0.168 e. The average molecular weight is 315 g/mol. The molecule has 0 aliphatic rings. The summed E-state index contributed by atoms with van der Waals surface area (Å²) in [6.45, 7) is 0. The van der Waals surface area contributed by atoms with E-state index in [1.165, 1.54) is 0 Å². The van der Waals surface area contributed by atoms with Crippen LogP contribution in [0.1, 0.15) is 15.9 Å². The number of carbonyl (C=O) groups is 1. The predicted octanol–water partition coefficient (Wildman–Crippen LogP) is 5.57. The van der Waals surface area contributed by atoms with Crippen molar-refractivity contribution in [3.05, 3.63) is 81.8 Å². The van der Waals surface area contributed by atoms with E-state index in [-0.39, 0.29) is 5.78 Å². The van der Waals surface area contributed by atoms with Crippen LogP contribution in [0.2, 0.25) is 10.0 Å². The third-order valence-corrected chi connectivity index (χ3v) is 4.02. The molecule has 0 aliphatic heterocycles. The zero-order valence-electron chi connectivity index (χ0n) is 11.1. The highest BCUT2D eigenvalue weighted by atomic mass is 35.5. The number of Topliss-reactive ketones (excluding diaryl/α,β-unsaturated/α-hetero) is 1. The summed E-state index contributed by atoms with van der Waals surface area (Å²) >= 11 is 12.0. The van der Waals surface area contributed by atoms with Crippen LogP contribution >= 0.6 is 23.2 Å². The summed E-state index contributed by atoms with van der Waals surface area (Å²) in [5.74, 6) is -0.0288. The molecule has 0 spiro atoms. The van der Waals surface area contributed by atoms with E-state index in [1.807, 2.05) is 42.5 Å². The summed E-state index contributed by atoms with van der Waals surface area (Å²) in [6, 6.07) is 19.0. The molecule has 3 rings (SSSR count). The van der Waals surface area contributed by atoms with Gasteiger partial charge in [-0.3, -0.25) is 4.79 Å². The van der Waals surface area contributed by atoms with Gasteiger partial charge in [0.2, 0.25) is 0 Å². The van der Waals surface area contributed by atoms with Gasteiger partial charge in [-0.15, -0.1) is 0 Å². The second kappa shape index (κ2) is 5.88. The van der Waals surface area contributed by atoms with Crippen molar-refractivity contribution in [3.63, 3.8) is 0 Å². The normalized spacial score (nSPS) is 10.8. The quantitative estimate of drug-likeness (QED) is 0.577. The Morgan fingerprint density at radius 1 is 0.905 bits per heavy atom. The van der Waals surface area contributed by atoms with E-state index in [4.69, 9.17) is 23.2 Å². The van der Waals surface area contributed by atoms with Crippen LogP contribution in [0.15, 0.2) is 60.7 Å². The van der Waals surface area contributed by atoms with Gasteiger partial charge in [0.15, 0.2) is 5.78 Å². The summed E-state index contributed by atoms with van der Waals surface area (Å²) in [5, 5.41) is 3.16. The molecule has 1 nitrogen and oxygen atoms in total. The molecule has 0 amide bonds. The molecule has 3 aromatic rings. The maximum absolute atomic E-state index is 12.5. The molecule has 104 valence electrons. The van der Waals surface area contributed by atoms with Crippen molar-refractivity contribution < 1.29 is 4.79 Å². The van der Waals surface area contributed by atoms with Gasteiger partial charge in [0.1, 0.15) is 0 Å². The molecule has 0 saturated carbocycles. The van der Waals surface area contributed by atoms with E-state index in [2.05, 4.69) is 0 Å². The third kappa shape index (κ3) is 2.94. The van der Waals surface area contributed by atoms with Crippen LogP contribution < -0.4 is 0 Å². The number of hydrogen-bond donors (Lipinski definition) is 0. The number of rotatable bonds is 3. The van der Waals surface area contributed by atoms with E-state index in [1.54, 1.807) is 18.2 Å². The summed E-state index contributed by atoms with van der Waals surface area (Å²) in [6.07, 6.45) is 0.307. The van der Waals surface area contributed by atoms with Crippen LogP contribution in [-0.4, -0.2) is 5.78 Å². The number of fused-ring (bicyclic) bond motifs is 1.